The standard InChI is InChI=1S/C21H20BrClN4O2S/c1-3-9-27-19(12-29-16-6-4-5-14(2)10-16)25-26-21(27)30-13-20(28)24-15-7-8-17(22)18(23)11-15/h3-8,10-11H,1,9,12-13H2,2H3,(H,24,28). The number of nitrogens with zero attached hydrogens (tertiary/aromatic N) is 3. The van der Waals surface area contributed by atoms with Crippen molar-refractivity contribution in [3.05, 3.63) is 76.0 Å². The minimum atomic E-state index is -0.163. The van der Waals surface area contributed by atoms with Crippen molar-refractivity contribution in [1.82, 2.24) is 14.8 Å². The van der Waals surface area contributed by atoms with Crippen LogP contribution in [0.2, 0.25) is 5.02 Å². The van der Waals surface area contributed by atoms with Gasteiger partial charge >= 0.3 is 0 Å². The second-order valence-electron chi connectivity index (χ2n) is 6.37. The van der Waals surface area contributed by atoms with Gasteiger partial charge in [0.05, 0.1) is 10.8 Å². The van der Waals surface area contributed by atoms with Crippen LogP contribution in [-0.2, 0) is 17.9 Å². The second kappa shape index (κ2) is 10.7. The molecule has 1 heterocycles. The van der Waals surface area contributed by atoms with Crippen molar-refractivity contribution in [1.29, 1.82) is 0 Å². The molecule has 1 N–H and O–H groups in total. The van der Waals surface area contributed by atoms with Gasteiger partial charge in [0.2, 0.25) is 5.91 Å². The van der Waals surface area contributed by atoms with Crippen LogP contribution in [0.25, 0.3) is 0 Å². The monoisotopic (exact) mass is 506 g/mol. The number of aromatic nitrogens is 3. The van der Waals surface area contributed by atoms with Crippen molar-refractivity contribution >= 4 is 50.9 Å². The van der Waals surface area contributed by atoms with Crippen LogP contribution in [0, 0.1) is 6.92 Å². The van der Waals surface area contributed by atoms with E-state index < -0.39 is 0 Å². The topological polar surface area (TPSA) is 69.0 Å². The molecule has 2 aromatic carbocycles. The van der Waals surface area contributed by atoms with E-state index in [9.17, 15) is 4.79 Å². The quantitative estimate of drug-likeness (QED) is 0.306. The van der Waals surface area contributed by atoms with Crippen LogP contribution in [0.4, 0.5) is 5.69 Å². The van der Waals surface area contributed by atoms with Gasteiger partial charge in [-0.2, -0.15) is 0 Å². The second-order valence-corrected chi connectivity index (χ2v) is 8.57. The van der Waals surface area contributed by atoms with Crippen molar-refractivity contribution in [2.24, 2.45) is 0 Å². The van der Waals surface area contributed by atoms with Crippen LogP contribution in [0.15, 0.2) is 64.7 Å². The van der Waals surface area contributed by atoms with Gasteiger partial charge in [0.25, 0.3) is 0 Å². The number of halogens is 2. The summed E-state index contributed by atoms with van der Waals surface area (Å²) in [5.41, 5.74) is 1.75. The highest BCUT2D eigenvalue weighted by atomic mass is 79.9. The van der Waals surface area contributed by atoms with Crippen molar-refractivity contribution in [3.8, 4) is 5.75 Å². The number of carbonyl (C=O) groups excluding carboxylic acids is 1. The van der Waals surface area contributed by atoms with E-state index >= 15 is 0 Å². The smallest absolute Gasteiger partial charge is 0.234 e. The normalized spacial score (nSPS) is 10.6. The zero-order valence-corrected chi connectivity index (χ0v) is 19.4. The first kappa shape index (κ1) is 22.4. The molecule has 0 bridgehead atoms. The molecule has 3 rings (SSSR count). The molecule has 30 heavy (non-hydrogen) atoms. The van der Waals surface area contributed by atoms with Gasteiger partial charge in [-0.05, 0) is 58.7 Å². The molecule has 156 valence electrons. The largest absolute Gasteiger partial charge is 0.486 e. The van der Waals surface area contributed by atoms with Gasteiger partial charge < -0.3 is 10.1 Å². The lowest BCUT2D eigenvalue weighted by Gasteiger charge is -2.10. The van der Waals surface area contributed by atoms with E-state index in [1.165, 1.54) is 11.8 Å². The van der Waals surface area contributed by atoms with Crippen molar-refractivity contribution in [3.63, 3.8) is 0 Å². The van der Waals surface area contributed by atoms with Crippen LogP contribution in [0.5, 0.6) is 5.75 Å². The lowest BCUT2D eigenvalue weighted by atomic mass is 10.2. The minimum Gasteiger partial charge on any atom is -0.486 e. The summed E-state index contributed by atoms with van der Waals surface area (Å²) in [6, 6.07) is 13.1. The summed E-state index contributed by atoms with van der Waals surface area (Å²) in [4.78, 5) is 12.3. The maximum atomic E-state index is 12.3. The van der Waals surface area contributed by atoms with E-state index in [1.54, 1.807) is 24.3 Å². The molecule has 0 aliphatic carbocycles. The van der Waals surface area contributed by atoms with Gasteiger partial charge in [0.1, 0.15) is 12.4 Å². The Morgan fingerprint density at radius 1 is 1.33 bits per heavy atom. The Labute approximate surface area is 192 Å². The predicted octanol–water partition coefficient (Wildman–Crippen LogP) is 5.50. The number of amides is 1. The maximum Gasteiger partial charge on any atom is 0.234 e. The lowest BCUT2D eigenvalue weighted by molar-refractivity contribution is -0.113. The van der Waals surface area contributed by atoms with Crippen LogP contribution in [0.1, 0.15) is 11.4 Å². The van der Waals surface area contributed by atoms with Crippen LogP contribution >= 0.6 is 39.3 Å². The number of anilines is 1. The molecule has 0 aliphatic heterocycles. The summed E-state index contributed by atoms with van der Waals surface area (Å²) >= 11 is 10.7. The molecule has 0 atom stereocenters. The molecule has 0 saturated heterocycles. The molecule has 0 radical (unpaired) electrons. The summed E-state index contributed by atoms with van der Waals surface area (Å²) in [7, 11) is 0. The molecule has 0 saturated carbocycles. The molecule has 0 fully saturated rings. The fourth-order valence-electron chi connectivity index (χ4n) is 2.60. The molecule has 1 aromatic heterocycles. The fraction of sp³-hybridized carbons (Fsp3) is 0.190. The first-order valence-corrected chi connectivity index (χ1v) is 11.2. The molecule has 0 unspecified atom stereocenters. The number of nitrogens with one attached hydrogen (secondary N) is 1. The molecular formula is C21H20BrClN4O2S. The van der Waals surface area contributed by atoms with Crippen molar-refractivity contribution in [2.45, 2.75) is 25.2 Å². The Kier molecular flexibility index (Phi) is 7.95. The average Bonchev–Trinajstić information content (AvgIpc) is 3.10. The summed E-state index contributed by atoms with van der Waals surface area (Å²) in [5, 5.41) is 12.4. The number of hydrogen-bond acceptors (Lipinski definition) is 5. The number of allylic oxidation sites excluding steroid dienone is 1. The van der Waals surface area contributed by atoms with Gasteiger partial charge in [-0.3, -0.25) is 9.36 Å². The van der Waals surface area contributed by atoms with Gasteiger partial charge in [-0.25, -0.2) is 0 Å². The highest BCUT2D eigenvalue weighted by Crippen LogP contribution is 2.26. The first-order chi connectivity index (χ1) is 14.5. The maximum absolute atomic E-state index is 12.3. The third-order valence-corrected chi connectivity index (χ3v) is 6.20. The number of rotatable bonds is 9. The Morgan fingerprint density at radius 3 is 2.90 bits per heavy atom. The highest BCUT2D eigenvalue weighted by Gasteiger charge is 2.14. The lowest BCUT2D eigenvalue weighted by Crippen LogP contribution is -2.15. The van der Waals surface area contributed by atoms with Gasteiger partial charge in [0.15, 0.2) is 11.0 Å². The Bertz CT molecular complexity index is 1060. The summed E-state index contributed by atoms with van der Waals surface area (Å²) < 4.78 is 8.49. The highest BCUT2D eigenvalue weighted by molar-refractivity contribution is 9.10. The summed E-state index contributed by atoms with van der Waals surface area (Å²) in [6.45, 7) is 6.59. The molecular weight excluding hydrogens is 488 g/mol. The minimum absolute atomic E-state index is 0.163. The molecule has 0 aliphatic rings. The number of benzene rings is 2. The summed E-state index contributed by atoms with van der Waals surface area (Å²) in [6.07, 6.45) is 1.76. The van der Waals surface area contributed by atoms with E-state index in [4.69, 9.17) is 16.3 Å². The molecule has 9 heteroatoms. The molecule has 3 aromatic rings. The Balaban J connectivity index is 1.61. The van der Waals surface area contributed by atoms with Gasteiger partial charge in [-0.15, -0.1) is 16.8 Å². The van der Waals surface area contributed by atoms with Crippen LogP contribution in [0.3, 0.4) is 0 Å². The number of carbonyl (C=O) groups is 1. The van der Waals surface area contributed by atoms with Crippen LogP contribution < -0.4 is 10.1 Å². The van der Waals surface area contributed by atoms with Crippen molar-refractivity contribution in [2.75, 3.05) is 11.1 Å². The van der Waals surface area contributed by atoms with E-state index in [0.717, 1.165) is 15.8 Å². The SMILES string of the molecule is C=CCn1c(COc2cccc(C)c2)nnc1SCC(=O)Nc1ccc(Br)c(Cl)c1. The first-order valence-electron chi connectivity index (χ1n) is 9.06. The predicted molar refractivity (Wildman–Crippen MR) is 124 cm³/mol. The number of ether oxygens (including phenoxy) is 1. The van der Waals surface area contributed by atoms with E-state index in [0.29, 0.717) is 28.2 Å². The number of aryl methyl sites for hydroxylation is 1. The van der Waals surface area contributed by atoms with E-state index in [1.807, 2.05) is 35.8 Å². The average molecular weight is 508 g/mol. The zero-order chi connectivity index (χ0) is 21.5. The third kappa shape index (κ3) is 6.10. The number of thioether (sulfide) groups is 1. The van der Waals surface area contributed by atoms with Crippen LogP contribution in [-0.4, -0.2) is 26.4 Å². The summed E-state index contributed by atoms with van der Waals surface area (Å²) in [5.74, 6) is 1.45. The molecule has 1 amide bonds. The molecule has 0 spiro atoms. The third-order valence-electron chi connectivity index (χ3n) is 4.00. The fourth-order valence-corrected chi connectivity index (χ4v) is 3.79. The van der Waals surface area contributed by atoms with Gasteiger partial charge in [0, 0.05) is 16.7 Å². The van der Waals surface area contributed by atoms with E-state index in [2.05, 4.69) is 38.0 Å². The van der Waals surface area contributed by atoms with Crippen molar-refractivity contribution < 1.29 is 9.53 Å². The van der Waals surface area contributed by atoms with Gasteiger partial charge in [-0.1, -0.05) is 41.6 Å². The van der Waals surface area contributed by atoms with E-state index in [-0.39, 0.29) is 18.3 Å². The zero-order valence-electron chi connectivity index (χ0n) is 16.3. The Morgan fingerprint density at radius 2 is 2.17 bits per heavy atom. The Hall–Kier alpha value is -2.29. The molecule has 6 nitrogen and oxygen atoms in total. The number of hydrogen-bond donors (Lipinski definition) is 1.